The van der Waals surface area contributed by atoms with Crippen molar-refractivity contribution >= 4 is 34.8 Å². The van der Waals surface area contributed by atoms with Gasteiger partial charge in [0.05, 0.1) is 18.3 Å². The Balaban J connectivity index is 1.59. The van der Waals surface area contributed by atoms with Crippen LogP contribution in [0.1, 0.15) is 31.7 Å². The van der Waals surface area contributed by atoms with Crippen molar-refractivity contribution in [1.82, 2.24) is 4.90 Å². The van der Waals surface area contributed by atoms with Crippen LogP contribution < -0.4 is 4.90 Å². The van der Waals surface area contributed by atoms with Crippen molar-refractivity contribution in [1.29, 1.82) is 0 Å². The first-order valence-corrected chi connectivity index (χ1v) is 11.2. The molecule has 0 aliphatic carbocycles. The zero-order valence-corrected chi connectivity index (χ0v) is 18.7. The third-order valence-electron chi connectivity index (χ3n) is 6.44. The molecule has 2 aromatic rings. The Labute approximate surface area is 192 Å². The van der Waals surface area contributed by atoms with Gasteiger partial charge in [0.1, 0.15) is 0 Å². The molecular formula is C25H27ClN2O4. The molecule has 32 heavy (non-hydrogen) atoms. The van der Waals surface area contributed by atoms with E-state index < -0.39 is 17.4 Å². The zero-order valence-electron chi connectivity index (χ0n) is 17.9. The fourth-order valence-electron chi connectivity index (χ4n) is 4.66. The molecule has 3 atom stereocenters. The number of hydrogen-bond donors (Lipinski definition) is 2. The predicted molar refractivity (Wildman–Crippen MR) is 124 cm³/mol. The van der Waals surface area contributed by atoms with Gasteiger partial charge < -0.3 is 15.1 Å². The van der Waals surface area contributed by atoms with Gasteiger partial charge >= 0.3 is 0 Å². The van der Waals surface area contributed by atoms with Crippen LogP contribution in [0.2, 0.25) is 5.02 Å². The number of hydrogen-bond acceptors (Lipinski definition) is 4. The highest BCUT2D eigenvalue weighted by Crippen LogP contribution is 2.48. The van der Waals surface area contributed by atoms with Crippen molar-refractivity contribution in [2.24, 2.45) is 5.92 Å². The van der Waals surface area contributed by atoms with Crippen LogP contribution in [0.5, 0.6) is 0 Å². The SMILES string of the molecule is C[C@H](/C=C/CC(=O)N1CCC[C@H]1CO)[C@@]1(O)C(=O)N(c2ccccc2)c2ccc(Cl)cc21. The Kier molecular flexibility index (Phi) is 6.38. The fourth-order valence-corrected chi connectivity index (χ4v) is 4.83. The number of benzene rings is 2. The van der Waals surface area contributed by atoms with E-state index in [1.165, 1.54) is 4.90 Å². The van der Waals surface area contributed by atoms with Crippen LogP contribution in [0, 0.1) is 5.92 Å². The maximum absolute atomic E-state index is 13.5. The number of aliphatic hydroxyl groups excluding tert-OH is 1. The highest BCUT2D eigenvalue weighted by Gasteiger charge is 2.53. The van der Waals surface area contributed by atoms with Gasteiger partial charge in [0, 0.05) is 35.2 Å². The summed E-state index contributed by atoms with van der Waals surface area (Å²) in [5, 5.41) is 21.5. The van der Waals surface area contributed by atoms with Gasteiger partial charge in [-0.25, -0.2) is 0 Å². The van der Waals surface area contributed by atoms with Crippen molar-refractivity contribution < 1.29 is 19.8 Å². The van der Waals surface area contributed by atoms with E-state index >= 15 is 0 Å². The van der Waals surface area contributed by atoms with E-state index in [1.807, 2.05) is 30.3 Å². The molecular weight excluding hydrogens is 428 g/mol. The number of fused-ring (bicyclic) bond motifs is 1. The number of halogens is 1. The van der Waals surface area contributed by atoms with Crippen LogP contribution in [-0.4, -0.2) is 46.1 Å². The predicted octanol–water partition coefficient (Wildman–Crippen LogP) is 3.77. The normalized spacial score (nSPS) is 23.8. The lowest BCUT2D eigenvalue weighted by atomic mass is 9.83. The number of para-hydroxylation sites is 1. The van der Waals surface area contributed by atoms with E-state index in [2.05, 4.69) is 0 Å². The lowest BCUT2D eigenvalue weighted by Crippen LogP contribution is -2.42. The fraction of sp³-hybridized carbons (Fsp3) is 0.360. The Bertz CT molecular complexity index is 1040. The lowest BCUT2D eigenvalue weighted by Gasteiger charge is -2.28. The number of carbonyl (C=O) groups is 2. The molecule has 0 spiro atoms. The van der Waals surface area contributed by atoms with Crippen LogP contribution in [0.15, 0.2) is 60.7 Å². The Morgan fingerprint density at radius 3 is 2.75 bits per heavy atom. The van der Waals surface area contributed by atoms with Crippen LogP contribution in [0.3, 0.4) is 0 Å². The molecule has 2 aromatic carbocycles. The molecule has 6 nitrogen and oxygen atoms in total. The molecule has 0 unspecified atom stereocenters. The molecule has 2 amide bonds. The van der Waals surface area contributed by atoms with E-state index in [1.54, 1.807) is 42.2 Å². The largest absolute Gasteiger partial charge is 0.394 e. The molecule has 0 saturated carbocycles. The van der Waals surface area contributed by atoms with Gasteiger partial charge in [-0.3, -0.25) is 14.5 Å². The molecule has 7 heteroatoms. The second kappa shape index (κ2) is 9.06. The minimum Gasteiger partial charge on any atom is -0.394 e. The van der Waals surface area contributed by atoms with E-state index in [4.69, 9.17) is 11.6 Å². The highest BCUT2D eigenvalue weighted by molar-refractivity contribution is 6.31. The summed E-state index contributed by atoms with van der Waals surface area (Å²) in [6, 6.07) is 14.1. The lowest BCUT2D eigenvalue weighted by molar-refractivity contribution is -0.138. The summed E-state index contributed by atoms with van der Waals surface area (Å²) in [5.41, 5.74) is -0.112. The standard InChI is InChI=1S/C25H27ClN2O4/c1-17(7-5-11-23(30)27-14-6-10-20(27)16-29)25(32)21-15-18(26)12-13-22(21)28(24(25)31)19-8-3-2-4-9-19/h2-5,7-9,12-13,15,17,20,29,32H,6,10-11,14,16H2,1H3/b7-5+/t17-,20+,25+/m1/s1. The molecule has 168 valence electrons. The van der Waals surface area contributed by atoms with Crippen molar-refractivity contribution in [3.05, 3.63) is 71.3 Å². The Hall–Kier alpha value is -2.67. The molecule has 2 heterocycles. The highest BCUT2D eigenvalue weighted by atomic mass is 35.5. The molecule has 2 N–H and O–H groups in total. The van der Waals surface area contributed by atoms with Crippen LogP contribution in [0.25, 0.3) is 0 Å². The summed E-state index contributed by atoms with van der Waals surface area (Å²) in [6.07, 6.45) is 5.25. The van der Waals surface area contributed by atoms with E-state index in [-0.39, 0.29) is 25.0 Å². The number of likely N-dealkylation sites (tertiary alicyclic amines) is 1. The number of rotatable bonds is 6. The molecule has 0 bridgehead atoms. The average Bonchev–Trinajstić information content (AvgIpc) is 3.36. The van der Waals surface area contributed by atoms with Crippen molar-refractivity contribution in [3.63, 3.8) is 0 Å². The Morgan fingerprint density at radius 1 is 1.28 bits per heavy atom. The van der Waals surface area contributed by atoms with Gasteiger partial charge in [-0.1, -0.05) is 48.9 Å². The van der Waals surface area contributed by atoms with Crippen LogP contribution in [-0.2, 0) is 15.2 Å². The molecule has 0 radical (unpaired) electrons. The maximum atomic E-state index is 13.5. The Morgan fingerprint density at radius 2 is 2.03 bits per heavy atom. The third kappa shape index (κ3) is 3.83. The smallest absolute Gasteiger partial charge is 0.268 e. The quantitative estimate of drug-likeness (QED) is 0.651. The first kappa shape index (κ1) is 22.5. The van der Waals surface area contributed by atoms with E-state index in [9.17, 15) is 19.8 Å². The van der Waals surface area contributed by atoms with Crippen molar-refractivity contribution in [2.45, 2.75) is 37.8 Å². The minimum absolute atomic E-state index is 0.0347. The first-order valence-electron chi connectivity index (χ1n) is 10.9. The van der Waals surface area contributed by atoms with Gasteiger partial charge in [0.15, 0.2) is 5.60 Å². The maximum Gasteiger partial charge on any atom is 0.268 e. The summed E-state index contributed by atoms with van der Waals surface area (Å²) in [6.45, 7) is 2.37. The second-order valence-electron chi connectivity index (χ2n) is 8.39. The number of amides is 2. The van der Waals surface area contributed by atoms with Gasteiger partial charge in [0.25, 0.3) is 5.91 Å². The zero-order chi connectivity index (χ0) is 22.9. The number of aliphatic hydroxyl groups is 2. The van der Waals surface area contributed by atoms with Gasteiger partial charge in [-0.15, -0.1) is 0 Å². The number of carbonyl (C=O) groups excluding carboxylic acids is 2. The average molecular weight is 455 g/mol. The van der Waals surface area contributed by atoms with Crippen molar-refractivity contribution in [2.75, 3.05) is 18.1 Å². The van der Waals surface area contributed by atoms with Crippen molar-refractivity contribution in [3.8, 4) is 0 Å². The first-order chi connectivity index (χ1) is 15.4. The summed E-state index contributed by atoms with van der Waals surface area (Å²) in [7, 11) is 0. The van der Waals surface area contributed by atoms with Gasteiger partial charge in [-0.05, 0) is 43.2 Å². The summed E-state index contributed by atoms with van der Waals surface area (Å²) in [4.78, 5) is 29.3. The number of nitrogens with zero attached hydrogens (tertiary/aromatic N) is 2. The van der Waals surface area contributed by atoms with E-state index in [0.29, 0.717) is 28.5 Å². The second-order valence-corrected chi connectivity index (χ2v) is 8.83. The molecule has 4 rings (SSSR count). The van der Waals surface area contributed by atoms with Crippen LogP contribution >= 0.6 is 11.6 Å². The van der Waals surface area contributed by atoms with Gasteiger partial charge in [0.2, 0.25) is 5.91 Å². The van der Waals surface area contributed by atoms with Crippen LogP contribution in [0.4, 0.5) is 11.4 Å². The monoisotopic (exact) mass is 454 g/mol. The summed E-state index contributed by atoms with van der Waals surface area (Å²) < 4.78 is 0. The third-order valence-corrected chi connectivity index (χ3v) is 6.67. The molecule has 2 aliphatic heterocycles. The van der Waals surface area contributed by atoms with E-state index in [0.717, 1.165) is 12.8 Å². The molecule has 1 saturated heterocycles. The molecule has 0 aromatic heterocycles. The number of anilines is 2. The summed E-state index contributed by atoms with van der Waals surface area (Å²) in [5.74, 6) is -1.12. The summed E-state index contributed by atoms with van der Waals surface area (Å²) >= 11 is 6.21. The minimum atomic E-state index is -1.81. The van der Waals surface area contributed by atoms with Gasteiger partial charge in [-0.2, -0.15) is 0 Å². The topological polar surface area (TPSA) is 81.1 Å². The molecule has 1 fully saturated rings. The molecule has 2 aliphatic rings.